The van der Waals surface area contributed by atoms with Gasteiger partial charge in [-0.15, -0.1) is 0 Å². The van der Waals surface area contributed by atoms with Crippen LogP contribution in [0.1, 0.15) is 24.8 Å². The summed E-state index contributed by atoms with van der Waals surface area (Å²) < 4.78 is 14.0. The highest BCUT2D eigenvalue weighted by Gasteiger charge is 2.18. The number of hydrogen-bond donors (Lipinski definition) is 1. The molecule has 0 atom stereocenters. The highest BCUT2D eigenvalue weighted by Crippen LogP contribution is 2.29. The minimum atomic E-state index is -0.377. The quantitative estimate of drug-likeness (QED) is 0.918. The molecular weight excluding hydrogens is 271 g/mol. The number of hydrogen-bond acceptors (Lipinski definition) is 2. The van der Waals surface area contributed by atoms with Crippen LogP contribution in [0.2, 0.25) is 0 Å². The van der Waals surface area contributed by atoms with Crippen LogP contribution in [-0.4, -0.2) is 6.54 Å². The van der Waals surface area contributed by atoms with Gasteiger partial charge in [0.25, 0.3) is 0 Å². The van der Waals surface area contributed by atoms with Gasteiger partial charge in [-0.2, -0.15) is 5.26 Å². The van der Waals surface area contributed by atoms with Crippen molar-refractivity contribution >= 4 is 21.6 Å². The van der Waals surface area contributed by atoms with Crippen LogP contribution in [0.4, 0.5) is 10.1 Å². The zero-order chi connectivity index (χ0) is 11.5. The van der Waals surface area contributed by atoms with Crippen LogP contribution in [0.3, 0.4) is 0 Å². The van der Waals surface area contributed by atoms with Crippen LogP contribution in [0.25, 0.3) is 0 Å². The summed E-state index contributed by atoms with van der Waals surface area (Å²) >= 11 is 3.09. The van der Waals surface area contributed by atoms with E-state index in [2.05, 4.69) is 21.2 Å². The summed E-state index contributed by atoms with van der Waals surface area (Å²) in [5.41, 5.74) is 0.796. The average molecular weight is 283 g/mol. The molecule has 84 valence electrons. The predicted molar refractivity (Wildman–Crippen MR) is 64.6 cm³/mol. The maximum atomic E-state index is 13.8. The zero-order valence-electron chi connectivity index (χ0n) is 8.76. The smallest absolute Gasteiger partial charge is 0.161 e. The largest absolute Gasteiger partial charge is 0.382 e. The summed E-state index contributed by atoms with van der Waals surface area (Å²) in [7, 11) is 0. The van der Waals surface area contributed by atoms with E-state index in [0.717, 1.165) is 6.54 Å². The van der Waals surface area contributed by atoms with Crippen molar-refractivity contribution in [2.75, 3.05) is 11.9 Å². The molecule has 0 radical (unpaired) electrons. The Balaban J connectivity index is 2.09. The van der Waals surface area contributed by atoms with Crippen LogP contribution in [-0.2, 0) is 0 Å². The van der Waals surface area contributed by atoms with Gasteiger partial charge in [-0.25, -0.2) is 4.39 Å². The van der Waals surface area contributed by atoms with E-state index in [9.17, 15) is 4.39 Å². The predicted octanol–water partition coefficient (Wildman–Crippen LogP) is 3.67. The topological polar surface area (TPSA) is 35.8 Å². The minimum absolute atomic E-state index is 0.244. The molecule has 0 bridgehead atoms. The first-order chi connectivity index (χ1) is 7.72. The van der Waals surface area contributed by atoms with Gasteiger partial charge in [0.2, 0.25) is 0 Å². The van der Waals surface area contributed by atoms with Gasteiger partial charge in [0.05, 0.1) is 15.7 Å². The Morgan fingerprint density at radius 2 is 2.25 bits per heavy atom. The molecule has 0 aromatic heterocycles. The van der Waals surface area contributed by atoms with Gasteiger partial charge in [0.1, 0.15) is 6.07 Å². The summed E-state index contributed by atoms with van der Waals surface area (Å²) in [6.45, 7) is 0.815. The SMILES string of the molecule is N#Cc1ccc(NCC2CCC2)c(F)c1Br. The van der Waals surface area contributed by atoms with Gasteiger partial charge >= 0.3 is 0 Å². The number of nitrogens with zero attached hydrogens (tertiary/aromatic N) is 1. The van der Waals surface area contributed by atoms with Gasteiger partial charge in [0.15, 0.2) is 5.82 Å². The number of benzene rings is 1. The molecule has 16 heavy (non-hydrogen) atoms. The van der Waals surface area contributed by atoms with Gasteiger partial charge in [-0.1, -0.05) is 6.42 Å². The molecule has 1 aromatic carbocycles. The van der Waals surface area contributed by atoms with Crippen LogP contribution in [0.5, 0.6) is 0 Å². The fourth-order valence-corrected chi connectivity index (χ4v) is 2.16. The molecule has 1 aliphatic carbocycles. The third-order valence-corrected chi connectivity index (χ3v) is 3.78. The number of nitriles is 1. The van der Waals surface area contributed by atoms with Crippen LogP contribution in [0, 0.1) is 23.1 Å². The summed E-state index contributed by atoms with van der Waals surface area (Å²) in [5, 5.41) is 11.8. The summed E-state index contributed by atoms with van der Waals surface area (Å²) in [6, 6.07) is 5.18. The molecule has 2 rings (SSSR count). The van der Waals surface area contributed by atoms with E-state index < -0.39 is 0 Å². The second-order valence-electron chi connectivity index (χ2n) is 4.08. The first kappa shape index (κ1) is 11.4. The van der Waals surface area contributed by atoms with Crippen LogP contribution in [0.15, 0.2) is 16.6 Å². The Bertz CT molecular complexity index is 435. The lowest BCUT2D eigenvalue weighted by molar-refractivity contribution is 0.333. The number of nitrogens with one attached hydrogen (secondary N) is 1. The Kier molecular flexibility index (Phi) is 3.45. The maximum absolute atomic E-state index is 13.8. The fourth-order valence-electron chi connectivity index (χ4n) is 1.72. The molecule has 0 saturated heterocycles. The fraction of sp³-hybridized carbons (Fsp3) is 0.417. The molecule has 1 fully saturated rings. The second-order valence-corrected chi connectivity index (χ2v) is 4.87. The van der Waals surface area contributed by atoms with E-state index in [0.29, 0.717) is 17.2 Å². The first-order valence-electron chi connectivity index (χ1n) is 5.34. The lowest BCUT2D eigenvalue weighted by Crippen LogP contribution is -2.21. The minimum Gasteiger partial charge on any atom is -0.382 e. The third-order valence-electron chi connectivity index (χ3n) is 3.01. The van der Waals surface area contributed by atoms with Gasteiger partial charge < -0.3 is 5.32 Å². The molecule has 2 nitrogen and oxygen atoms in total. The molecule has 1 aromatic rings. The van der Waals surface area contributed by atoms with Crippen molar-refractivity contribution in [1.29, 1.82) is 5.26 Å². The number of anilines is 1. The number of rotatable bonds is 3. The molecule has 0 aliphatic heterocycles. The van der Waals surface area contributed by atoms with E-state index >= 15 is 0 Å². The summed E-state index contributed by atoms with van der Waals surface area (Å²) in [4.78, 5) is 0. The molecule has 0 unspecified atom stereocenters. The normalized spacial score (nSPS) is 15.3. The summed E-state index contributed by atoms with van der Waals surface area (Å²) in [6.07, 6.45) is 3.74. The third kappa shape index (κ3) is 2.19. The monoisotopic (exact) mass is 282 g/mol. The molecule has 0 spiro atoms. The van der Waals surface area contributed by atoms with E-state index in [1.165, 1.54) is 19.3 Å². The Labute approximate surface area is 103 Å². The van der Waals surface area contributed by atoms with Gasteiger partial charge in [0, 0.05) is 6.54 Å². The van der Waals surface area contributed by atoms with Crippen molar-refractivity contribution in [3.05, 3.63) is 28.0 Å². The standard InChI is InChI=1S/C12H12BrFN2/c13-11-9(6-15)4-5-10(12(11)14)16-7-8-2-1-3-8/h4-5,8,16H,1-3,7H2. The molecule has 4 heteroatoms. The van der Waals surface area contributed by atoms with Gasteiger partial charge in [-0.05, 0) is 46.8 Å². The van der Waals surface area contributed by atoms with E-state index in [-0.39, 0.29) is 10.3 Å². The Morgan fingerprint density at radius 3 is 2.81 bits per heavy atom. The van der Waals surface area contributed by atoms with Crippen molar-refractivity contribution in [3.63, 3.8) is 0 Å². The van der Waals surface area contributed by atoms with Crippen molar-refractivity contribution in [2.24, 2.45) is 5.92 Å². The lowest BCUT2D eigenvalue weighted by Gasteiger charge is -2.26. The van der Waals surface area contributed by atoms with E-state index in [4.69, 9.17) is 5.26 Å². The molecule has 1 aliphatic rings. The van der Waals surface area contributed by atoms with Crippen LogP contribution < -0.4 is 5.32 Å². The average Bonchev–Trinajstić information content (AvgIpc) is 2.22. The maximum Gasteiger partial charge on any atom is 0.161 e. The molecule has 0 heterocycles. The molecular formula is C12H12BrFN2. The molecule has 0 amide bonds. The van der Waals surface area contributed by atoms with Crippen molar-refractivity contribution in [3.8, 4) is 6.07 Å². The highest BCUT2D eigenvalue weighted by atomic mass is 79.9. The molecule has 1 N–H and O–H groups in total. The van der Waals surface area contributed by atoms with Gasteiger partial charge in [-0.3, -0.25) is 0 Å². The number of halogens is 2. The van der Waals surface area contributed by atoms with Crippen LogP contribution >= 0.6 is 15.9 Å². The molecule has 1 saturated carbocycles. The first-order valence-corrected chi connectivity index (χ1v) is 6.13. The Morgan fingerprint density at radius 1 is 1.50 bits per heavy atom. The van der Waals surface area contributed by atoms with Crippen molar-refractivity contribution < 1.29 is 4.39 Å². The second kappa shape index (κ2) is 4.84. The highest BCUT2D eigenvalue weighted by molar-refractivity contribution is 9.10. The summed E-state index contributed by atoms with van der Waals surface area (Å²) in [5.74, 6) is 0.298. The zero-order valence-corrected chi connectivity index (χ0v) is 10.3. The Hall–Kier alpha value is -1.08. The van der Waals surface area contributed by atoms with E-state index in [1.54, 1.807) is 12.1 Å². The van der Waals surface area contributed by atoms with E-state index in [1.807, 2.05) is 6.07 Å². The lowest BCUT2D eigenvalue weighted by atomic mass is 9.85. The van der Waals surface area contributed by atoms with Crippen molar-refractivity contribution in [1.82, 2.24) is 0 Å². The van der Waals surface area contributed by atoms with Crippen molar-refractivity contribution in [2.45, 2.75) is 19.3 Å².